The summed E-state index contributed by atoms with van der Waals surface area (Å²) in [6.07, 6.45) is 6.37. The minimum atomic E-state index is -2.29. The van der Waals surface area contributed by atoms with E-state index in [0.717, 1.165) is 36.5 Å². The highest BCUT2D eigenvalue weighted by Crippen LogP contribution is 2.40. The lowest BCUT2D eigenvalue weighted by Gasteiger charge is -2.44. The van der Waals surface area contributed by atoms with Crippen LogP contribution in [0.3, 0.4) is 0 Å². The van der Waals surface area contributed by atoms with Crippen LogP contribution >= 0.6 is 0 Å². The Morgan fingerprint density at radius 3 is 1.89 bits per heavy atom. The maximum absolute atomic E-state index is 13.2. The third-order valence-electron chi connectivity index (χ3n) is 6.20. The molecule has 2 heteroatoms. The molecule has 2 aromatic rings. The minimum Gasteiger partial charge on any atom is -0.289 e. The predicted molar refractivity (Wildman–Crippen MR) is 123 cm³/mol. The Morgan fingerprint density at radius 2 is 1.46 bits per heavy atom. The van der Waals surface area contributed by atoms with Crippen molar-refractivity contribution in [1.82, 2.24) is 0 Å². The molecule has 0 aromatic heterocycles. The first-order valence-electron chi connectivity index (χ1n) is 10.4. The molecule has 28 heavy (non-hydrogen) atoms. The number of carbonyl (C=O) groups is 1. The van der Waals surface area contributed by atoms with Crippen molar-refractivity contribution in [2.45, 2.75) is 57.5 Å². The summed E-state index contributed by atoms with van der Waals surface area (Å²) in [4.78, 5) is 13.2. The van der Waals surface area contributed by atoms with Crippen LogP contribution in [0.1, 0.15) is 46.5 Å². The van der Waals surface area contributed by atoms with Gasteiger partial charge in [0.05, 0.1) is 0 Å². The molecular weight excluding hydrogens is 356 g/mol. The minimum absolute atomic E-state index is 0.0415. The normalized spacial score (nSPS) is 15.0. The number of Topliss-reactive ketones (excluding diaryl/α,β-unsaturated/α-hetero) is 1. The van der Waals surface area contributed by atoms with E-state index in [1.165, 1.54) is 16.8 Å². The van der Waals surface area contributed by atoms with E-state index in [1.807, 2.05) is 0 Å². The quantitative estimate of drug-likeness (QED) is 0.460. The van der Waals surface area contributed by atoms with Crippen LogP contribution in [0.15, 0.2) is 84.5 Å². The van der Waals surface area contributed by atoms with Gasteiger partial charge in [-0.05, 0) is 47.9 Å². The third-order valence-corrected chi connectivity index (χ3v) is 12.4. The van der Waals surface area contributed by atoms with Gasteiger partial charge in [0.2, 0.25) is 0 Å². The molecule has 0 heterocycles. The predicted octanol–water partition coefficient (Wildman–Crippen LogP) is 5.68. The van der Waals surface area contributed by atoms with E-state index in [4.69, 9.17) is 0 Å². The topological polar surface area (TPSA) is 17.1 Å². The molecule has 0 amide bonds. The molecule has 3 rings (SSSR count). The molecule has 0 saturated heterocycles. The average molecular weight is 389 g/mol. The van der Waals surface area contributed by atoms with E-state index in [2.05, 4.69) is 94.1 Å². The molecule has 0 fully saturated rings. The fourth-order valence-electron chi connectivity index (χ4n) is 4.62. The lowest BCUT2D eigenvalue weighted by molar-refractivity contribution is -0.112. The second-order valence-corrected chi connectivity index (χ2v) is 13.8. The lowest BCUT2D eigenvalue weighted by atomic mass is 9.94. The van der Waals surface area contributed by atoms with Crippen LogP contribution < -0.4 is 10.4 Å². The fourth-order valence-corrected chi connectivity index (χ4v) is 9.95. The Balaban J connectivity index is 2.09. The largest absolute Gasteiger partial charge is 0.289 e. The Hall–Kier alpha value is -2.19. The first-order chi connectivity index (χ1) is 13.4. The van der Waals surface area contributed by atoms with Crippen molar-refractivity contribution in [3.63, 3.8) is 0 Å². The zero-order valence-corrected chi connectivity index (χ0v) is 18.5. The molecule has 0 spiro atoms. The number of ketones is 1. The van der Waals surface area contributed by atoms with Gasteiger partial charge in [0.1, 0.15) is 8.07 Å². The number of carbonyl (C=O) groups excluding carboxylic acids is 1. The van der Waals surface area contributed by atoms with Gasteiger partial charge in [-0.15, -0.1) is 0 Å². The van der Waals surface area contributed by atoms with E-state index < -0.39 is 8.07 Å². The smallest absolute Gasteiger partial charge is 0.183 e. The molecule has 0 atom stereocenters. The molecular formula is C26H32OSi. The zero-order chi connectivity index (χ0) is 20.2. The van der Waals surface area contributed by atoms with E-state index in [1.54, 1.807) is 0 Å². The summed E-state index contributed by atoms with van der Waals surface area (Å²) in [7, 11) is -2.29. The summed E-state index contributed by atoms with van der Waals surface area (Å²) in [5.41, 5.74) is 1.76. The summed E-state index contributed by atoms with van der Waals surface area (Å²) in [5.74, 6) is 0.188. The van der Waals surface area contributed by atoms with E-state index in [0.29, 0.717) is 0 Å². The van der Waals surface area contributed by atoms with Gasteiger partial charge >= 0.3 is 0 Å². The molecule has 0 N–H and O–H groups in total. The molecule has 146 valence electrons. The van der Waals surface area contributed by atoms with Crippen LogP contribution in [-0.2, 0) is 4.79 Å². The summed E-state index contributed by atoms with van der Waals surface area (Å²) < 4.78 is 0. The summed E-state index contributed by atoms with van der Waals surface area (Å²) in [5, 5.41) is 2.79. The molecule has 0 saturated carbocycles. The number of rotatable bonds is 6. The van der Waals surface area contributed by atoms with E-state index in [9.17, 15) is 4.79 Å². The van der Waals surface area contributed by atoms with Crippen molar-refractivity contribution in [3.8, 4) is 0 Å². The summed E-state index contributed by atoms with van der Waals surface area (Å²) in [6.45, 7) is 11.3. The number of benzene rings is 2. The van der Waals surface area contributed by atoms with Gasteiger partial charge < -0.3 is 0 Å². The van der Waals surface area contributed by atoms with Crippen molar-refractivity contribution in [3.05, 3.63) is 84.5 Å². The molecule has 0 radical (unpaired) electrons. The molecule has 1 nitrogen and oxygen atoms in total. The van der Waals surface area contributed by atoms with Gasteiger partial charge in [-0.25, -0.2) is 0 Å². The number of allylic oxidation sites excluding steroid dienone is 3. The highest BCUT2D eigenvalue weighted by Gasteiger charge is 2.48. The maximum Gasteiger partial charge on any atom is 0.183 e. The molecule has 1 aliphatic carbocycles. The first-order valence-corrected chi connectivity index (χ1v) is 12.6. The SMILES string of the molecule is C=C(C[Si](c1ccccc1)(c1ccccc1)C(C)(C)C)C(=O)C1=CCCCC1. The van der Waals surface area contributed by atoms with Crippen LogP contribution in [0.2, 0.25) is 11.1 Å². The number of hydrogen-bond acceptors (Lipinski definition) is 1. The number of hydrogen-bond donors (Lipinski definition) is 0. The molecule has 0 unspecified atom stereocenters. The summed E-state index contributed by atoms with van der Waals surface area (Å²) >= 11 is 0. The standard InChI is InChI=1S/C26H32OSi/c1-21(25(27)22-14-8-5-9-15-22)20-28(26(2,3)4,23-16-10-6-11-17-23)24-18-12-7-13-19-24/h6-7,10-14,16-19H,1,5,8-9,15,20H2,2-4H3. The highest BCUT2D eigenvalue weighted by atomic mass is 28.3. The van der Waals surface area contributed by atoms with Gasteiger partial charge in [-0.1, -0.05) is 104 Å². The molecule has 1 aliphatic rings. The second-order valence-electron chi connectivity index (χ2n) is 8.97. The van der Waals surface area contributed by atoms with Gasteiger partial charge in [0.15, 0.2) is 5.78 Å². The Bertz CT molecular complexity index is 817. The molecule has 0 aliphatic heterocycles. The zero-order valence-electron chi connectivity index (χ0n) is 17.5. The van der Waals surface area contributed by atoms with Crippen molar-refractivity contribution in [1.29, 1.82) is 0 Å². The van der Waals surface area contributed by atoms with Crippen LogP contribution in [0.4, 0.5) is 0 Å². The van der Waals surface area contributed by atoms with Gasteiger partial charge in [0.25, 0.3) is 0 Å². The van der Waals surface area contributed by atoms with Crippen molar-refractivity contribution in [2.75, 3.05) is 0 Å². The molecule has 2 aromatic carbocycles. The van der Waals surface area contributed by atoms with Crippen molar-refractivity contribution >= 4 is 24.2 Å². The highest BCUT2D eigenvalue weighted by molar-refractivity contribution is 7.04. The van der Waals surface area contributed by atoms with Crippen LogP contribution in [0.25, 0.3) is 0 Å². The fraction of sp³-hybridized carbons (Fsp3) is 0.346. The second kappa shape index (κ2) is 8.44. The summed E-state index contributed by atoms with van der Waals surface area (Å²) in [6, 6.07) is 22.4. The van der Waals surface area contributed by atoms with Crippen LogP contribution in [0, 0.1) is 0 Å². The third kappa shape index (κ3) is 3.98. The van der Waals surface area contributed by atoms with Gasteiger partial charge in [-0.2, -0.15) is 0 Å². The van der Waals surface area contributed by atoms with E-state index >= 15 is 0 Å². The molecule has 0 bridgehead atoms. The first kappa shape index (κ1) is 20.5. The van der Waals surface area contributed by atoms with Gasteiger partial charge in [0, 0.05) is 0 Å². The Labute approximate surface area is 171 Å². The van der Waals surface area contributed by atoms with Crippen molar-refractivity contribution < 1.29 is 4.79 Å². The Morgan fingerprint density at radius 1 is 0.929 bits per heavy atom. The lowest BCUT2D eigenvalue weighted by Crippen LogP contribution is -2.64. The Kier molecular flexibility index (Phi) is 6.19. The van der Waals surface area contributed by atoms with Crippen LogP contribution in [0.5, 0.6) is 0 Å². The van der Waals surface area contributed by atoms with Crippen LogP contribution in [-0.4, -0.2) is 13.9 Å². The van der Waals surface area contributed by atoms with Crippen molar-refractivity contribution in [2.24, 2.45) is 0 Å². The van der Waals surface area contributed by atoms with Gasteiger partial charge in [-0.3, -0.25) is 4.79 Å². The maximum atomic E-state index is 13.2. The van der Waals surface area contributed by atoms with E-state index in [-0.39, 0.29) is 10.8 Å². The monoisotopic (exact) mass is 388 g/mol. The average Bonchev–Trinajstić information content (AvgIpc) is 2.72.